The summed E-state index contributed by atoms with van der Waals surface area (Å²) in [5, 5.41) is 11.5. The summed E-state index contributed by atoms with van der Waals surface area (Å²) < 4.78 is 18.8. The number of carbonyl (C=O) groups is 1. The minimum atomic E-state index is -0.651. The maximum absolute atomic E-state index is 13.6. The molecule has 4 nitrogen and oxygen atoms in total. The molecule has 1 heterocycles. The van der Waals surface area contributed by atoms with Gasteiger partial charge in [0.2, 0.25) is 0 Å². The number of carbonyl (C=O) groups excluding carboxylic acids is 1. The van der Waals surface area contributed by atoms with Gasteiger partial charge < -0.3 is 15.2 Å². The molecule has 1 aliphatic heterocycles. The molecule has 1 unspecified atom stereocenters. The molecule has 2 rings (SSSR count). The molecule has 2 N–H and O–H groups in total. The standard InChI is InChI=1S/C11H12FNO3/c1-2-9-11(15)13-8-4-6(5-14)3-7(12)10(8)16-9/h3-4,9,14H,2,5H2,1H3,(H,13,15). The minimum absolute atomic E-state index is 0.0450. The van der Waals surface area contributed by atoms with Gasteiger partial charge in [0.05, 0.1) is 12.3 Å². The summed E-state index contributed by atoms with van der Waals surface area (Å²) in [6.07, 6.45) is -0.172. The second kappa shape index (κ2) is 4.09. The smallest absolute Gasteiger partial charge is 0.265 e. The molecule has 1 amide bonds. The van der Waals surface area contributed by atoms with Crippen LogP contribution in [0, 0.1) is 5.82 Å². The van der Waals surface area contributed by atoms with Crippen molar-refractivity contribution in [1.82, 2.24) is 0 Å². The number of hydrogen-bond donors (Lipinski definition) is 2. The Kier molecular flexibility index (Phi) is 2.78. The molecule has 16 heavy (non-hydrogen) atoms. The van der Waals surface area contributed by atoms with Crippen LogP contribution in [0.2, 0.25) is 0 Å². The Bertz CT molecular complexity index is 433. The van der Waals surface area contributed by atoms with Crippen LogP contribution in [0.1, 0.15) is 18.9 Å². The van der Waals surface area contributed by atoms with Crippen molar-refractivity contribution in [2.45, 2.75) is 26.1 Å². The van der Waals surface area contributed by atoms with Crippen molar-refractivity contribution in [3.05, 3.63) is 23.5 Å². The number of fused-ring (bicyclic) bond motifs is 1. The van der Waals surface area contributed by atoms with Crippen molar-refractivity contribution >= 4 is 11.6 Å². The van der Waals surface area contributed by atoms with Crippen molar-refractivity contribution in [2.75, 3.05) is 5.32 Å². The SMILES string of the molecule is CCC1Oc2c(F)cc(CO)cc2NC1=O. The number of rotatable bonds is 2. The molecule has 1 aromatic carbocycles. The van der Waals surface area contributed by atoms with Gasteiger partial charge in [-0.1, -0.05) is 6.92 Å². The van der Waals surface area contributed by atoms with E-state index in [0.29, 0.717) is 12.0 Å². The molecular weight excluding hydrogens is 213 g/mol. The van der Waals surface area contributed by atoms with E-state index in [-0.39, 0.29) is 24.0 Å². The summed E-state index contributed by atoms with van der Waals surface area (Å²) in [7, 11) is 0. The summed E-state index contributed by atoms with van der Waals surface area (Å²) >= 11 is 0. The highest BCUT2D eigenvalue weighted by Crippen LogP contribution is 2.34. The summed E-state index contributed by atoms with van der Waals surface area (Å²) in [6.45, 7) is 1.51. The second-order valence-electron chi connectivity index (χ2n) is 3.62. The van der Waals surface area contributed by atoms with E-state index in [0.717, 1.165) is 0 Å². The third kappa shape index (κ3) is 1.74. The van der Waals surface area contributed by atoms with Crippen LogP contribution in [0.25, 0.3) is 0 Å². The first-order chi connectivity index (χ1) is 7.65. The van der Waals surface area contributed by atoms with Gasteiger partial charge in [0.1, 0.15) is 0 Å². The van der Waals surface area contributed by atoms with Gasteiger partial charge >= 0.3 is 0 Å². The quantitative estimate of drug-likeness (QED) is 0.800. The van der Waals surface area contributed by atoms with E-state index in [1.54, 1.807) is 6.92 Å². The van der Waals surface area contributed by atoms with E-state index in [9.17, 15) is 9.18 Å². The lowest BCUT2D eigenvalue weighted by molar-refractivity contribution is -0.123. The fraction of sp³-hybridized carbons (Fsp3) is 0.364. The molecule has 0 aromatic heterocycles. The maximum atomic E-state index is 13.6. The Balaban J connectivity index is 2.42. The molecule has 0 spiro atoms. The van der Waals surface area contributed by atoms with Gasteiger partial charge in [0.15, 0.2) is 17.7 Å². The van der Waals surface area contributed by atoms with E-state index >= 15 is 0 Å². The number of aliphatic hydroxyl groups is 1. The lowest BCUT2D eigenvalue weighted by atomic mass is 10.1. The topological polar surface area (TPSA) is 58.6 Å². The maximum Gasteiger partial charge on any atom is 0.265 e. The predicted molar refractivity (Wildman–Crippen MR) is 55.7 cm³/mol. The number of ether oxygens (including phenoxy) is 1. The molecule has 1 aromatic rings. The van der Waals surface area contributed by atoms with E-state index in [1.165, 1.54) is 12.1 Å². The molecule has 0 bridgehead atoms. The zero-order valence-corrected chi connectivity index (χ0v) is 8.79. The van der Waals surface area contributed by atoms with Crippen molar-refractivity contribution in [2.24, 2.45) is 0 Å². The number of hydrogen-bond acceptors (Lipinski definition) is 3. The van der Waals surface area contributed by atoms with Crippen molar-refractivity contribution < 1.29 is 19.0 Å². The molecule has 1 atom stereocenters. The Hall–Kier alpha value is -1.62. The Morgan fingerprint density at radius 1 is 1.56 bits per heavy atom. The first-order valence-electron chi connectivity index (χ1n) is 5.06. The van der Waals surface area contributed by atoms with Gasteiger partial charge in [0.25, 0.3) is 5.91 Å². The number of halogens is 1. The normalized spacial score (nSPS) is 18.7. The average Bonchev–Trinajstić information content (AvgIpc) is 2.28. The Morgan fingerprint density at radius 2 is 2.31 bits per heavy atom. The highest BCUT2D eigenvalue weighted by Gasteiger charge is 2.28. The summed E-state index contributed by atoms with van der Waals surface area (Å²) in [5.74, 6) is -0.812. The van der Waals surface area contributed by atoms with Crippen LogP contribution in [-0.2, 0) is 11.4 Å². The van der Waals surface area contributed by atoms with Crippen LogP contribution in [0.4, 0.5) is 10.1 Å². The zero-order valence-electron chi connectivity index (χ0n) is 8.79. The van der Waals surface area contributed by atoms with Crippen LogP contribution < -0.4 is 10.1 Å². The fourth-order valence-electron chi connectivity index (χ4n) is 1.63. The predicted octanol–water partition coefficient (Wildman–Crippen LogP) is 1.43. The van der Waals surface area contributed by atoms with Gasteiger partial charge in [-0.2, -0.15) is 0 Å². The van der Waals surface area contributed by atoms with Gasteiger partial charge in [-0.3, -0.25) is 4.79 Å². The average molecular weight is 225 g/mol. The molecule has 1 aliphatic rings. The molecule has 0 saturated heterocycles. The number of benzene rings is 1. The first kappa shape index (κ1) is 10.9. The van der Waals surface area contributed by atoms with Gasteiger partial charge in [0, 0.05) is 0 Å². The largest absolute Gasteiger partial charge is 0.475 e. The van der Waals surface area contributed by atoms with Gasteiger partial charge in [-0.15, -0.1) is 0 Å². The van der Waals surface area contributed by atoms with Crippen LogP contribution in [-0.4, -0.2) is 17.1 Å². The summed E-state index contributed by atoms with van der Waals surface area (Å²) in [5.41, 5.74) is 0.675. The highest BCUT2D eigenvalue weighted by molar-refractivity contribution is 5.97. The van der Waals surface area contributed by atoms with Gasteiger partial charge in [-0.25, -0.2) is 4.39 Å². The van der Waals surface area contributed by atoms with E-state index in [4.69, 9.17) is 9.84 Å². The van der Waals surface area contributed by atoms with Crippen molar-refractivity contribution in [1.29, 1.82) is 0 Å². The van der Waals surface area contributed by atoms with E-state index in [1.807, 2.05) is 0 Å². The zero-order chi connectivity index (χ0) is 11.7. The van der Waals surface area contributed by atoms with Crippen LogP contribution in [0.15, 0.2) is 12.1 Å². The molecule has 0 saturated carbocycles. The third-order valence-electron chi connectivity index (χ3n) is 2.47. The number of anilines is 1. The van der Waals surface area contributed by atoms with Gasteiger partial charge in [-0.05, 0) is 24.1 Å². The molecule has 0 aliphatic carbocycles. The molecule has 5 heteroatoms. The monoisotopic (exact) mass is 225 g/mol. The second-order valence-corrected chi connectivity index (χ2v) is 3.62. The van der Waals surface area contributed by atoms with Crippen molar-refractivity contribution in [3.8, 4) is 5.75 Å². The number of nitrogens with one attached hydrogen (secondary N) is 1. The molecule has 0 radical (unpaired) electrons. The molecular formula is C11H12FNO3. The molecule has 0 fully saturated rings. The number of amides is 1. The Morgan fingerprint density at radius 3 is 2.94 bits per heavy atom. The van der Waals surface area contributed by atoms with E-state index < -0.39 is 11.9 Å². The summed E-state index contributed by atoms with van der Waals surface area (Å²) in [4.78, 5) is 11.5. The van der Waals surface area contributed by atoms with Crippen LogP contribution in [0.3, 0.4) is 0 Å². The minimum Gasteiger partial charge on any atom is -0.475 e. The van der Waals surface area contributed by atoms with Crippen molar-refractivity contribution in [3.63, 3.8) is 0 Å². The lowest BCUT2D eigenvalue weighted by Crippen LogP contribution is -2.36. The first-order valence-corrected chi connectivity index (χ1v) is 5.06. The summed E-state index contributed by atoms with van der Waals surface area (Å²) in [6, 6.07) is 2.70. The van der Waals surface area contributed by atoms with Crippen LogP contribution in [0.5, 0.6) is 5.75 Å². The van der Waals surface area contributed by atoms with Crippen LogP contribution >= 0.6 is 0 Å². The molecule has 86 valence electrons. The fourth-order valence-corrected chi connectivity index (χ4v) is 1.63. The highest BCUT2D eigenvalue weighted by atomic mass is 19.1. The number of aliphatic hydroxyl groups excluding tert-OH is 1. The lowest BCUT2D eigenvalue weighted by Gasteiger charge is -2.25. The third-order valence-corrected chi connectivity index (χ3v) is 2.47. The Labute approximate surface area is 92.0 Å². The van der Waals surface area contributed by atoms with E-state index in [2.05, 4.69) is 5.32 Å².